The number of ether oxygens (including phenoxy) is 1. The van der Waals surface area contributed by atoms with Gasteiger partial charge < -0.3 is 19.6 Å². The second kappa shape index (κ2) is 6.99. The molecule has 0 spiro atoms. The Morgan fingerprint density at radius 3 is 2.53 bits per heavy atom. The van der Waals surface area contributed by atoms with E-state index in [2.05, 4.69) is 4.90 Å². The van der Waals surface area contributed by atoms with Crippen molar-refractivity contribution in [2.75, 3.05) is 41.3 Å². The third kappa shape index (κ3) is 4.44. The molecule has 1 aromatic carbocycles. The van der Waals surface area contributed by atoms with Crippen LogP contribution in [0.25, 0.3) is 0 Å². The maximum Gasteiger partial charge on any atom is 0.257 e. The van der Waals surface area contributed by atoms with E-state index in [9.17, 15) is 9.90 Å². The summed E-state index contributed by atoms with van der Waals surface area (Å²) >= 11 is 0. The molecule has 0 saturated heterocycles. The van der Waals surface area contributed by atoms with Gasteiger partial charge in [-0.05, 0) is 45.3 Å². The minimum atomic E-state index is -0.199. The Bertz CT molecular complexity index is 433. The van der Waals surface area contributed by atoms with Crippen LogP contribution >= 0.6 is 0 Å². The van der Waals surface area contributed by atoms with Crippen LogP contribution in [0.1, 0.15) is 16.8 Å². The normalized spacial score (nSPS) is 10.6. The summed E-state index contributed by atoms with van der Waals surface area (Å²) in [6.45, 7) is 1.56. The van der Waals surface area contributed by atoms with Gasteiger partial charge in [-0.1, -0.05) is 0 Å². The summed E-state index contributed by atoms with van der Waals surface area (Å²) in [6.07, 6.45) is 0.889. The molecule has 0 radical (unpaired) electrons. The molecule has 0 aliphatic carbocycles. The minimum absolute atomic E-state index is 0.0229. The summed E-state index contributed by atoms with van der Waals surface area (Å²) in [5, 5.41) is 9.75. The van der Waals surface area contributed by atoms with E-state index in [4.69, 9.17) is 4.74 Å². The Morgan fingerprint density at radius 2 is 1.95 bits per heavy atom. The average molecular weight is 266 g/mol. The smallest absolute Gasteiger partial charge is 0.257 e. The van der Waals surface area contributed by atoms with E-state index in [1.54, 1.807) is 24.1 Å². The molecule has 0 aromatic heterocycles. The summed E-state index contributed by atoms with van der Waals surface area (Å²) in [6, 6.07) is 4.65. The second-order valence-corrected chi connectivity index (χ2v) is 4.77. The van der Waals surface area contributed by atoms with Crippen molar-refractivity contribution >= 4 is 5.91 Å². The zero-order chi connectivity index (χ0) is 14.4. The van der Waals surface area contributed by atoms with Crippen molar-refractivity contribution in [1.29, 1.82) is 0 Å². The molecule has 0 atom stereocenters. The van der Waals surface area contributed by atoms with Crippen LogP contribution < -0.4 is 4.74 Å². The molecule has 19 heavy (non-hydrogen) atoms. The van der Waals surface area contributed by atoms with Gasteiger partial charge >= 0.3 is 0 Å². The summed E-state index contributed by atoms with van der Waals surface area (Å²) in [5.74, 6) is 0.336. The number of methoxy groups -OCH3 is 1. The van der Waals surface area contributed by atoms with E-state index in [-0.39, 0.29) is 17.2 Å². The van der Waals surface area contributed by atoms with Gasteiger partial charge in [0.1, 0.15) is 11.5 Å². The maximum absolute atomic E-state index is 12.2. The first-order chi connectivity index (χ1) is 8.95. The van der Waals surface area contributed by atoms with Gasteiger partial charge in [0.25, 0.3) is 5.91 Å². The largest absolute Gasteiger partial charge is 0.507 e. The van der Waals surface area contributed by atoms with Crippen LogP contribution in [0.5, 0.6) is 11.5 Å². The maximum atomic E-state index is 12.2. The Balaban J connectivity index is 2.70. The van der Waals surface area contributed by atoms with Gasteiger partial charge in [-0.25, -0.2) is 0 Å². The van der Waals surface area contributed by atoms with Gasteiger partial charge in [-0.15, -0.1) is 0 Å². The molecular weight excluding hydrogens is 244 g/mol. The zero-order valence-electron chi connectivity index (χ0n) is 12.0. The van der Waals surface area contributed by atoms with Gasteiger partial charge in [-0.3, -0.25) is 4.79 Å². The third-order valence-electron chi connectivity index (χ3n) is 2.88. The molecular formula is C14H22N2O3. The molecule has 5 heteroatoms. The molecule has 106 valence electrons. The highest BCUT2D eigenvalue weighted by Gasteiger charge is 2.16. The minimum Gasteiger partial charge on any atom is -0.507 e. The lowest BCUT2D eigenvalue weighted by Crippen LogP contribution is -2.29. The van der Waals surface area contributed by atoms with Crippen molar-refractivity contribution in [1.82, 2.24) is 9.80 Å². The first kappa shape index (κ1) is 15.3. The number of hydrogen-bond acceptors (Lipinski definition) is 4. The first-order valence-electron chi connectivity index (χ1n) is 6.23. The Hall–Kier alpha value is -1.75. The van der Waals surface area contributed by atoms with Crippen molar-refractivity contribution in [3.8, 4) is 11.5 Å². The molecule has 1 N–H and O–H groups in total. The number of carbonyl (C=O) groups is 1. The fraction of sp³-hybridized carbons (Fsp3) is 0.500. The van der Waals surface area contributed by atoms with Gasteiger partial charge in [-0.2, -0.15) is 0 Å². The van der Waals surface area contributed by atoms with E-state index in [0.717, 1.165) is 13.0 Å². The number of amides is 1. The van der Waals surface area contributed by atoms with Gasteiger partial charge in [0.2, 0.25) is 0 Å². The topological polar surface area (TPSA) is 53.0 Å². The molecule has 1 rings (SSSR count). The molecule has 1 aromatic rings. The van der Waals surface area contributed by atoms with Crippen LogP contribution in [0.15, 0.2) is 18.2 Å². The van der Waals surface area contributed by atoms with Gasteiger partial charge in [0.05, 0.1) is 12.7 Å². The lowest BCUT2D eigenvalue weighted by Gasteiger charge is -2.19. The molecule has 0 fully saturated rings. The Kier molecular flexibility index (Phi) is 5.63. The van der Waals surface area contributed by atoms with E-state index in [0.29, 0.717) is 12.3 Å². The number of phenolic OH excluding ortho intramolecular Hbond substituents is 1. The predicted octanol–water partition coefficient (Wildman–Crippen LogP) is 1.42. The van der Waals surface area contributed by atoms with Crippen molar-refractivity contribution in [2.45, 2.75) is 6.42 Å². The van der Waals surface area contributed by atoms with Crippen molar-refractivity contribution in [3.05, 3.63) is 23.8 Å². The second-order valence-electron chi connectivity index (χ2n) is 4.77. The lowest BCUT2D eigenvalue weighted by molar-refractivity contribution is 0.0787. The molecule has 0 aliphatic heterocycles. The number of phenols is 1. The fourth-order valence-corrected chi connectivity index (χ4v) is 1.74. The quantitative estimate of drug-likeness (QED) is 0.846. The van der Waals surface area contributed by atoms with Crippen LogP contribution in [0.2, 0.25) is 0 Å². The number of hydrogen-bond donors (Lipinski definition) is 1. The van der Waals surface area contributed by atoms with Crippen LogP contribution in [0.3, 0.4) is 0 Å². The predicted molar refractivity (Wildman–Crippen MR) is 74.8 cm³/mol. The molecule has 1 amide bonds. The van der Waals surface area contributed by atoms with Crippen LogP contribution in [0.4, 0.5) is 0 Å². The SMILES string of the molecule is COc1ccc(O)c(C(=O)N(C)CCCN(C)C)c1. The third-order valence-corrected chi connectivity index (χ3v) is 2.88. The van der Waals surface area contributed by atoms with E-state index < -0.39 is 0 Å². The fourth-order valence-electron chi connectivity index (χ4n) is 1.74. The molecule has 0 saturated carbocycles. The molecule has 5 nitrogen and oxygen atoms in total. The lowest BCUT2D eigenvalue weighted by atomic mass is 10.1. The highest BCUT2D eigenvalue weighted by atomic mass is 16.5. The summed E-state index contributed by atoms with van der Waals surface area (Å²) < 4.78 is 5.06. The summed E-state index contributed by atoms with van der Waals surface area (Å²) in [7, 11) is 7.25. The van der Waals surface area contributed by atoms with Crippen LogP contribution in [0, 0.1) is 0 Å². The average Bonchev–Trinajstić information content (AvgIpc) is 2.38. The summed E-state index contributed by atoms with van der Waals surface area (Å²) in [5.41, 5.74) is 0.270. The number of rotatable bonds is 6. The monoisotopic (exact) mass is 266 g/mol. The molecule has 0 bridgehead atoms. The number of nitrogens with zero attached hydrogens (tertiary/aromatic N) is 2. The van der Waals surface area contributed by atoms with Gasteiger partial charge in [0.15, 0.2) is 0 Å². The molecule has 0 unspecified atom stereocenters. The molecule has 0 heterocycles. The van der Waals surface area contributed by atoms with Crippen molar-refractivity contribution < 1.29 is 14.6 Å². The zero-order valence-corrected chi connectivity index (χ0v) is 12.0. The number of aromatic hydroxyl groups is 1. The Morgan fingerprint density at radius 1 is 1.26 bits per heavy atom. The van der Waals surface area contributed by atoms with E-state index in [1.807, 2.05) is 14.1 Å². The van der Waals surface area contributed by atoms with E-state index >= 15 is 0 Å². The highest BCUT2D eigenvalue weighted by Crippen LogP contribution is 2.23. The number of carbonyl (C=O) groups excluding carboxylic acids is 1. The number of benzene rings is 1. The Labute approximate surface area is 114 Å². The summed E-state index contributed by atoms with van der Waals surface area (Å²) in [4.78, 5) is 15.9. The van der Waals surface area contributed by atoms with Gasteiger partial charge in [0, 0.05) is 13.6 Å². The van der Waals surface area contributed by atoms with Crippen LogP contribution in [-0.4, -0.2) is 62.2 Å². The van der Waals surface area contributed by atoms with Crippen LogP contribution in [-0.2, 0) is 0 Å². The van der Waals surface area contributed by atoms with Crippen molar-refractivity contribution in [3.63, 3.8) is 0 Å². The highest BCUT2D eigenvalue weighted by molar-refractivity contribution is 5.97. The standard InChI is InChI=1S/C14H22N2O3/c1-15(2)8-5-9-16(3)14(18)12-10-11(19-4)6-7-13(12)17/h6-7,10,17H,5,8-9H2,1-4H3. The molecule has 0 aliphatic rings. The first-order valence-corrected chi connectivity index (χ1v) is 6.23. The van der Waals surface area contributed by atoms with Crippen molar-refractivity contribution in [2.24, 2.45) is 0 Å². The van der Waals surface area contributed by atoms with E-state index in [1.165, 1.54) is 13.2 Å².